The molecule has 1 aromatic carbocycles. The summed E-state index contributed by atoms with van der Waals surface area (Å²) >= 11 is 0. The van der Waals surface area contributed by atoms with Crippen molar-refractivity contribution in [1.82, 2.24) is 10.3 Å². The highest BCUT2D eigenvalue weighted by Crippen LogP contribution is 2.33. The Labute approximate surface area is 125 Å². The molecule has 110 valence electrons. The highest BCUT2D eigenvalue weighted by atomic mass is 16.5. The molecule has 0 fully saturated rings. The number of likely N-dealkylation sites (N-methyl/N-ethyl adjacent to an activating group) is 1. The average molecular weight is 283 g/mol. The Bertz CT molecular complexity index is 596. The molecule has 0 spiro atoms. The van der Waals surface area contributed by atoms with E-state index in [0.717, 1.165) is 18.6 Å². The van der Waals surface area contributed by atoms with E-state index in [0.29, 0.717) is 6.54 Å². The third-order valence-corrected chi connectivity index (χ3v) is 4.11. The molecule has 0 saturated heterocycles. The second-order valence-electron chi connectivity index (χ2n) is 5.33. The van der Waals surface area contributed by atoms with Crippen LogP contribution in [0.3, 0.4) is 0 Å². The first-order valence-corrected chi connectivity index (χ1v) is 7.35. The Morgan fingerprint density at radius 1 is 1.38 bits per heavy atom. The van der Waals surface area contributed by atoms with Gasteiger partial charge in [-0.3, -0.25) is 4.98 Å². The number of nitrogens with one attached hydrogen (secondary N) is 1. The van der Waals surface area contributed by atoms with Crippen molar-refractivity contribution >= 4 is 0 Å². The molecule has 3 rings (SSSR count). The van der Waals surface area contributed by atoms with Crippen LogP contribution in [0.4, 0.5) is 0 Å². The third kappa shape index (κ3) is 2.83. The minimum atomic E-state index is 0.0142. The van der Waals surface area contributed by atoms with Crippen molar-refractivity contribution in [3.05, 3.63) is 53.9 Å². The number of pyridine rings is 1. The van der Waals surface area contributed by atoms with E-state index in [1.165, 1.54) is 16.7 Å². The summed E-state index contributed by atoms with van der Waals surface area (Å²) in [4.78, 5) is 4.20. The molecule has 1 unspecified atom stereocenters. The van der Waals surface area contributed by atoms with Crippen LogP contribution in [0, 0.1) is 0 Å². The summed E-state index contributed by atoms with van der Waals surface area (Å²) in [5.41, 5.74) is 10.8. The van der Waals surface area contributed by atoms with Crippen molar-refractivity contribution in [1.29, 1.82) is 0 Å². The summed E-state index contributed by atoms with van der Waals surface area (Å²) in [5, 5.41) is 3.26. The van der Waals surface area contributed by atoms with Gasteiger partial charge < -0.3 is 15.8 Å². The van der Waals surface area contributed by atoms with Gasteiger partial charge in [-0.25, -0.2) is 0 Å². The predicted molar refractivity (Wildman–Crippen MR) is 84.0 cm³/mol. The van der Waals surface area contributed by atoms with E-state index in [-0.39, 0.29) is 12.1 Å². The largest absolute Gasteiger partial charge is 0.371 e. The van der Waals surface area contributed by atoms with Gasteiger partial charge in [0, 0.05) is 25.0 Å². The van der Waals surface area contributed by atoms with Gasteiger partial charge in [-0.05, 0) is 47.9 Å². The Morgan fingerprint density at radius 2 is 2.29 bits per heavy atom. The maximum Gasteiger partial charge on any atom is 0.0993 e. The molecule has 3 N–H and O–H groups in total. The first-order chi connectivity index (χ1) is 10.3. The Hall–Kier alpha value is -1.75. The quantitative estimate of drug-likeness (QED) is 0.900. The van der Waals surface area contributed by atoms with Crippen LogP contribution in [0.5, 0.6) is 0 Å². The van der Waals surface area contributed by atoms with E-state index in [9.17, 15) is 0 Å². The SMILES string of the molecule is CNC(CN)[C@H]1OCCc2ccc(-c3cccnc3)cc21. The normalized spacial score (nSPS) is 19.0. The predicted octanol–water partition coefficient (Wildman–Crippen LogP) is 1.91. The third-order valence-electron chi connectivity index (χ3n) is 4.11. The molecule has 2 heterocycles. The van der Waals surface area contributed by atoms with Crippen LogP contribution in [0.1, 0.15) is 17.2 Å². The number of benzene rings is 1. The number of ether oxygens (including phenoxy) is 1. The molecular weight excluding hydrogens is 262 g/mol. The monoisotopic (exact) mass is 283 g/mol. The molecule has 0 amide bonds. The summed E-state index contributed by atoms with van der Waals surface area (Å²) < 4.78 is 5.98. The maximum absolute atomic E-state index is 5.98. The van der Waals surface area contributed by atoms with Crippen molar-refractivity contribution < 1.29 is 4.74 Å². The topological polar surface area (TPSA) is 60.2 Å². The van der Waals surface area contributed by atoms with E-state index in [2.05, 4.69) is 34.6 Å². The summed E-state index contributed by atoms with van der Waals surface area (Å²) in [6.45, 7) is 1.31. The van der Waals surface area contributed by atoms with Crippen LogP contribution >= 0.6 is 0 Å². The minimum absolute atomic E-state index is 0.0142. The highest BCUT2D eigenvalue weighted by Gasteiger charge is 2.27. The highest BCUT2D eigenvalue weighted by molar-refractivity contribution is 5.64. The van der Waals surface area contributed by atoms with E-state index < -0.39 is 0 Å². The molecule has 1 aromatic heterocycles. The first-order valence-electron chi connectivity index (χ1n) is 7.35. The van der Waals surface area contributed by atoms with Crippen LogP contribution < -0.4 is 11.1 Å². The summed E-state index contributed by atoms with van der Waals surface area (Å²) in [6.07, 6.45) is 4.65. The number of hydrogen-bond acceptors (Lipinski definition) is 4. The van der Waals surface area contributed by atoms with Crippen LogP contribution in [-0.2, 0) is 11.2 Å². The fourth-order valence-electron chi connectivity index (χ4n) is 2.91. The van der Waals surface area contributed by atoms with Gasteiger partial charge in [0.1, 0.15) is 0 Å². The van der Waals surface area contributed by atoms with E-state index in [1.54, 1.807) is 6.20 Å². The van der Waals surface area contributed by atoms with Gasteiger partial charge in [0.2, 0.25) is 0 Å². The molecule has 1 aliphatic heterocycles. The number of nitrogens with two attached hydrogens (primary N) is 1. The smallest absolute Gasteiger partial charge is 0.0993 e. The van der Waals surface area contributed by atoms with Gasteiger partial charge in [0.15, 0.2) is 0 Å². The average Bonchev–Trinajstić information content (AvgIpc) is 2.56. The van der Waals surface area contributed by atoms with Crippen LogP contribution in [-0.4, -0.2) is 31.2 Å². The Kier molecular flexibility index (Phi) is 4.29. The molecule has 2 aromatic rings. The van der Waals surface area contributed by atoms with Gasteiger partial charge in [0.25, 0.3) is 0 Å². The van der Waals surface area contributed by atoms with Crippen molar-refractivity contribution in [2.75, 3.05) is 20.2 Å². The van der Waals surface area contributed by atoms with Gasteiger partial charge >= 0.3 is 0 Å². The van der Waals surface area contributed by atoms with Crippen LogP contribution in [0.25, 0.3) is 11.1 Å². The molecule has 4 heteroatoms. The second-order valence-corrected chi connectivity index (χ2v) is 5.33. The zero-order valence-corrected chi connectivity index (χ0v) is 12.3. The maximum atomic E-state index is 5.98. The van der Waals surface area contributed by atoms with E-state index in [1.807, 2.05) is 19.3 Å². The molecule has 0 aliphatic carbocycles. The fraction of sp³-hybridized carbons (Fsp3) is 0.353. The molecular formula is C17H21N3O. The number of aromatic nitrogens is 1. The zero-order chi connectivity index (χ0) is 14.7. The van der Waals surface area contributed by atoms with Gasteiger partial charge in [-0.1, -0.05) is 18.2 Å². The standard InChI is InChI=1S/C17H21N3O/c1-19-16(10-18)17-15-9-13(14-3-2-7-20-11-14)5-4-12(15)6-8-21-17/h2-5,7,9,11,16-17,19H,6,8,10,18H2,1H3/t16?,17-/m0/s1. The molecule has 21 heavy (non-hydrogen) atoms. The second kappa shape index (κ2) is 6.35. The van der Waals surface area contributed by atoms with E-state index in [4.69, 9.17) is 10.5 Å². The summed E-state index contributed by atoms with van der Waals surface area (Å²) in [7, 11) is 1.93. The molecule has 0 saturated carbocycles. The number of rotatable bonds is 4. The fourth-order valence-corrected chi connectivity index (χ4v) is 2.91. The molecule has 2 atom stereocenters. The van der Waals surface area contributed by atoms with Crippen LogP contribution in [0.2, 0.25) is 0 Å². The molecule has 1 aliphatic rings. The lowest BCUT2D eigenvalue weighted by atomic mass is 9.90. The lowest BCUT2D eigenvalue weighted by Crippen LogP contribution is -2.41. The lowest BCUT2D eigenvalue weighted by Gasteiger charge is -2.32. The Morgan fingerprint density at radius 3 is 3.00 bits per heavy atom. The van der Waals surface area contributed by atoms with Gasteiger partial charge in [-0.15, -0.1) is 0 Å². The number of nitrogens with zero attached hydrogens (tertiary/aromatic N) is 1. The zero-order valence-electron chi connectivity index (χ0n) is 12.3. The van der Waals surface area contributed by atoms with Crippen molar-refractivity contribution in [2.45, 2.75) is 18.6 Å². The Balaban J connectivity index is 2.01. The van der Waals surface area contributed by atoms with Crippen LogP contribution in [0.15, 0.2) is 42.7 Å². The van der Waals surface area contributed by atoms with Gasteiger partial charge in [0.05, 0.1) is 12.7 Å². The lowest BCUT2D eigenvalue weighted by molar-refractivity contribution is 0.0193. The van der Waals surface area contributed by atoms with E-state index >= 15 is 0 Å². The minimum Gasteiger partial charge on any atom is -0.371 e. The molecule has 0 radical (unpaired) electrons. The van der Waals surface area contributed by atoms with Crippen molar-refractivity contribution in [3.63, 3.8) is 0 Å². The van der Waals surface area contributed by atoms with Crippen molar-refractivity contribution in [3.8, 4) is 11.1 Å². The molecule has 0 bridgehead atoms. The summed E-state index contributed by atoms with van der Waals surface area (Å²) in [6, 6.07) is 10.8. The first kappa shape index (κ1) is 14.2. The number of fused-ring (bicyclic) bond motifs is 1. The summed E-state index contributed by atoms with van der Waals surface area (Å²) in [5.74, 6) is 0. The number of hydrogen-bond donors (Lipinski definition) is 2. The van der Waals surface area contributed by atoms with Crippen molar-refractivity contribution in [2.24, 2.45) is 5.73 Å². The molecule has 4 nitrogen and oxygen atoms in total. The van der Waals surface area contributed by atoms with Gasteiger partial charge in [-0.2, -0.15) is 0 Å².